The van der Waals surface area contributed by atoms with Crippen LogP contribution in [0.5, 0.6) is 5.75 Å². The molecule has 2 aliphatic rings. The Morgan fingerprint density at radius 3 is 2.73 bits per heavy atom. The normalized spacial score (nSPS) is 23.4. The van der Waals surface area contributed by atoms with Crippen molar-refractivity contribution >= 4 is 15.9 Å². The topological polar surface area (TPSA) is 50.4 Å². The average molecular weight is 468 g/mol. The predicted octanol–water partition coefficient (Wildman–Crippen LogP) is 3.98. The van der Waals surface area contributed by atoms with Crippen LogP contribution < -0.4 is 5.56 Å². The van der Waals surface area contributed by atoms with Gasteiger partial charge >= 0.3 is 0 Å². The summed E-state index contributed by atoms with van der Waals surface area (Å²) in [6, 6.07) is 15.6. The van der Waals surface area contributed by atoms with Crippen molar-refractivity contribution < 1.29 is 5.11 Å². The van der Waals surface area contributed by atoms with E-state index in [0.29, 0.717) is 22.7 Å². The van der Waals surface area contributed by atoms with E-state index in [1.54, 1.807) is 10.7 Å². The molecule has 6 heteroatoms. The summed E-state index contributed by atoms with van der Waals surface area (Å²) in [5.74, 6) is 0.934. The lowest BCUT2D eigenvalue weighted by atomic mass is 9.64. The van der Waals surface area contributed by atoms with Gasteiger partial charge in [0.15, 0.2) is 0 Å². The largest absolute Gasteiger partial charge is 0.508 e. The minimum atomic E-state index is -0.0302. The molecular weight excluding hydrogens is 442 g/mol. The number of piperidine rings is 1. The number of aromatic nitrogens is 2. The molecule has 30 heavy (non-hydrogen) atoms. The molecule has 0 radical (unpaired) electrons. The molecule has 2 atom stereocenters. The van der Waals surface area contributed by atoms with Gasteiger partial charge in [-0.2, -0.15) is 0 Å². The van der Waals surface area contributed by atoms with Crippen LogP contribution in [-0.4, -0.2) is 32.5 Å². The summed E-state index contributed by atoms with van der Waals surface area (Å²) in [6.07, 6.45) is 2.19. The number of halogens is 1. The Hall–Kier alpha value is -2.31. The standard InChI is InChI=1S/C24H26BrN3O2/c1-24-12-16(10-17-8-9-19(29)11-20(17)24)13-27(15-24)14-21-22(25)23(30)28(26(21)2)18-6-4-3-5-7-18/h3-9,11,16,29H,10,12-15H2,1-2H3/t16?,24-/m0/s1. The molecule has 3 aromatic rings. The van der Waals surface area contributed by atoms with Gasteiger partial charge in [0.25, 0.3) is 5.56 Å². The Kier molecular flexibility index (Phi) is 4.67. The number of fused-ring (bicyclic) bond motifs is 4. The van der Waals surface area contributed by atoms with Crippen LogP contribution in [0.15, 0.2) is 57.8 Å². The summed E-state index contributed by atoms with van der Waals surface area (Å²) < 4.78 is 4.32. The van der Waals surface area contributed by atoms with Gasteiger partial charge in [-0.1, -0.05) is 31.2 Å². The third kappa shape index (κ3) is 3.13. The number of hydrogen-bond acceptors (Lipinski definition) is 3. The number of rotatable bonds is 3. The lowest BCUT2D eigenvalue weighted by Crippen LogP contribution is -2.51. The van der Waals surface area contributed by atoms with Crippen molar-refractivity contribution in [2.24, 2.45) is 13.0 Å². The summed E-state index contributed by atoms with van der Waals surface area (Å²) in [5.41, 5.74) is 4.49. The summed E-state index contributed by atoms with van der Waals surface area (Å²) >= 11 is 3.57. The number of nitrogens with zero attached hydrogens (tertiary/aromatic N) is 3. The molecule has 2 bridgehead atoms. The van der Waals surface area contributed by atoms with Crippen molar-refractivity contribution in [3.63, 3.8) is 0 Å². The maximum Gasteiger partial charge on any atom is 0.286 e. The monoisotopic (exact) mass is 467 g/mol. The van der Waals surface area contributed by atoms with Gasteiger partial charge in [0, 0.05) is 32.1 Å². The summed E-state index contributed by atoms with van der Waals surface area (Å²) in [7, 11) is 1.95. The van der Waals surface area contributed by atoms with Crippen molar-refractivity contribution in [3.8, 4) is 11.4 Å². The molecule has 156 valence electrons. The summed E-state index contributed by atoms with van der Waals surface area (Å²) in [6.45, 7) is 4.96. The Bertz CT molecular complexity index is 1170. The van der Waals surface area contributed by atoms with Crippen LogP contribution >= 0.6 is 15.9 Å². The molecular formula is C24H26BrN3O2. The molecule has 1 N–H and O–H groups in total. The highest BCUT2D eigenvalue weighted by molar-refractivity contribution is 9.10. The van der Waals surface area contributed by atoms with Crippen LogP contribution in [0.3, 0.4) is 0 Å². The second-order valence-corrected chi connectivity index (χ2v) is 9.88. The Labute approximate surface area is 184 Å². The van der Waals surface area contributed by atoms with Crippen molar-refractivity contribution in [1.29, 1.82) is 0 Å². The SMILES string of the molecule is Cn1c(CN2CC3Cc4ccc(O)cc4[C@@](C)(C3)C2)c(Br)c(=O)n1-c1ccccc1. The zero-order valence-corrected chi connectivity index (χ0v) is 18.9. The molecule has 1 aromatic heterocycles. The fourth-order valence-electron chi connectivity index (χ4n) is 5.62. The lowest BCUT2D eigenvalue weighted by molar-refractivity contribution is 0.0883. The van der Waals surface area contributed by atoms with Gasteiger partial charge in [-0.3, -0.25) is 14.4 Å². The zero-order chi connectivity index (χ0) is 21.0. The number of likely N-dealkylation sites (tertiary alicyclic amines) is 1. The number of para-hydroxylation sites is 1. The molecule has 2 aromatic carbocycles. The van der Waals surface area contributed by atoms with Crippen molar-refractivity contribution in [2.45, 2.75) is 31.7 Å². The Balaban J connectivity index is 1.48. The van der Waals surface area contributed by atoms with Crippen LogP contribution in [-0.2, 0) is 25.4 Å². The van der Waals surface area contributed by atoms with E-state index < -0.39 is 0 Å². The number of hydrogen-bond donors (Lipinski definition) is 1. The fourth-order valence-corrected chi connectivity index (χ4v) is 6.17. The van der Waals surface area contributed by atoms with Crippen molar-refractivity contribution in [2.75, 3.05) is 13.1 Å². The number of benzene rings is 2. The lowest BCUT2D eigenvalue weighted by Gasteiger charge is -2.49. The highest BCUT2D eigenvalue weighted by Gasteiger charge is 2.42. The summed E-state index contributed by atoms with van der Waals surface area (Å²) in [4.78, 5) is 15.4. The molecule has 1 fully saturated rings. The maximum absolute atomic E-state index is 13.0. The summed E-state index contributed by atoms with van der Waals surface area (Å²) in [5, 5.41) is 10.1. The first-order valence-electron chi connectivity index (χ1n) is 10.4. The highest BCUT2D eigenvalue weighted by atomic mass is 79.9. The van der Waals surface area contributed by atoms with Crippen LogP contribution in [0.4, 0.5) is 0 Å². The first-order valence-corrected chi connectivity index (χ1v) is 11.2. The third-order valence-corrected chi connectivity index (χ3v) is 7.58. The van der Waals surface area contributed by atoms with E-state index in [1.807, 2.05) is 48.1 Å². The number of phenolic OH excluding ortho intramolecular Hbond substituents is 1. The number of aromatic hydroxyl groups is 1. The minimum absolute atomic E-state index is 0.0164. The molecule has 1 saturated heterocycles. The third-order valence-electron chi connectivity index (χ3n) is 6.78. The van der Waals surface area contributed by atoms with Gasteiger partial charge in [-0.25, -0.2) is 4.68 Å². The van der Waals surface area contributed by atoms with Gasteiger partial charge in [0.05, 0.1) is 11.4 Å². The van der Waals surface area contributed by atoms with Gasteiger partial charge in [0.2, 0.25) is 0 Å². The highest BCUT2D eigenvalue weighted by Crippen LogP contribution is 2.45. The zero-order valence-electron chi connectivity index (χ0n) is 17.3. The average Bonchev–Trinajstić information content (AvgIpc) is 2.92. The molecule has 0 saturated carbocycles. The van der Waals surface area contributed by atoms with Gasteiger partial charge in [-0.15, -0.1) is 0 Å². The smallest absolute Gasteiger partial charge is 0.286 e. The van der Waals surface area contributed by atoms with Crippen molar-refractivity contribution in [1.82, 2.24) is 14.3 Å². The first-order chi connectivity index (χ1) is 14.4. The fraction of sp³-hybridized carbons (Fsp3) is 0.375. The predicted molar refractivity (Wildman–Crippen MR) is 121 cm³/mol. The van der Waals surface area contributed by atoms with E-state index in [0.717, 1.165) is 37.3 Å². The number of phenols is 1. The molecule has 5 nitrogen and oxygen atoms in total. The van der Waals surface area contributed by atoms with Crippen LogP contribution in [0, 0.1) is 5.92 Å². The van der Waals surface area contributed by atoms with Gasteiger partial charge < -0.3 is 5.11 Å². The minimum Gasteiger partial charge on any atom is -0.508 e. The molecule has 5 rings (SSSR count). The van der Waals surface area contributed by atoms with E-state index >= 15 is 0 Å². The van der Waals surface area contributed by atoms with E-state index in [1.165, 1.54) is 11.1 Å². The molecule has 0 amide bonds. The van der Waals surface area contributed by atoms with E-state index in [-0.39, 0.29) is 11.0 Å². The second-order valence-electron chi connectivity index (χ2n) is 9.08. The Morgan fingerprint density at radius 1 is 1.20 bits per heavy atom. The van der Waals surface area contributed by atoms with E-state index in [4.69, 9.17) is 0 Å². The molecule has 2 heterocycles. The van der Waals surface area contributed by atoms with E-state index in [9.17, 15) is 9.90 Å². The van der Waals surface area contributed by atoms with Crippen LogP contribution in [0.1, 0.15) is 30.2 Å². The Morgan fingerprint density at radius 2 is 1.97 bits per heavy atom. The molecule has 1 aliphatic carbocycles. The maximum atomic E-state index is 13.0. The van der Waals surface area contributed by atoms with Gasteiger partial charge in [0.1, 0.15) is 10.2 Å². The molecule has 1 aliphatic heterocycles. The molecule has 0 spiro atoms. The molecule has 1 unspecified atom stereocenters. The quantitative estimate of drug-likeness (QED) is 0.633. The van der Waals surface area contributed by atoms with E-state index in [2.05, 4.69) is 33.8 Å². The van der Waals surface area contributed by atoms with Crippen molar-refractivity contribution in [3.05, 3.63) is 80.2 Å². The second kappa shape index (κ2) is 7.13. The van der Waals surface area contributed by atoms with Crippen LogP contribution in [0.2, 0.25) is 0 Å². The first kappa shape index (κ1) is 19.6. The van der Waals surface area contributed by atoms with Gasteiger partial charge in [-0.05, 0) is 70.1 Å². The van der Waals surface area contributed by atoms with Crippen LogP contribution in [0.25, 0.3) is 5.69 Å².